The molecular weight excluding hydrogens is 270 g/mol. The second-order valence-corrected chi connectivity index (χ2v) is 5.60. The first-order chi connectivity index (χ1) is 9.83. The fraction of sp³-hybridized carbons (Fsp3) is 0.500. The van der Waals surface area contributed by atoms with Crippen molar-refractivity contribution in [3.8, 4) is 6.07 Å². The van der Waals surface area contributed by atoms with E-state index in [0.29, 0.717) is 0 Å². The highest BCUT2D eigenvalue weighted by Gasteiger charge is 2.44. The summed E-state index contributed by atoms with van der Waals surface area (Å²) in [7, 11) is 0. The van der Waals surface area contributed by atoms with E-state index in [1.807, 2.05) is 36.4 Å². The molecule has 5 nitrogen and oxygen atoms in total. The van der Waals surface area contributed by atoms with E-state index in [-0.39, 0.29) is 13.0 Å². The molecular formula is C16H21NO4. The van der Waals surface area contributed by atoms with Crippen LogP contribution in [0.3, 0.4) is 0 Å². The maximum absolute atomic E-state index is 12.2. The third-order valence-electron chi connectivity index (χ3n) is 2.52. The van der Waals surface area contributed by atoms with Crippen LogP contribution in [0.2, 0.25) is 0 Å². The van der Waals surface area contributed by atoms with Crippen LogP contribution in [0.5, 0.6) is 0 Å². The second-order valence-electron chi connectivity index (χ2n) is 5.60. The van der Waals surface area contributed by atoms with Gasteiger partial charge in [0.25, 0.3) is 5.60 Å². The Kier molecular flexibility index (Phi) is 5.89. The van der Waals surface area contributed by atoms with Crippen molar-refractivity contribution in [2.45, 2.75) is 45.3 Å². The third-order valence-corrected chi connectivity index (χ3v) is 2.52. The Morgan fingerprint density at radius 2 is 1.81 bits per heavy atom. The van der Waals surface area contributed by atoms with E-state index in [0.717, 1.165) is 5.56 Å². The number of hydrogen-bond donors (Lipinski definition) is 0. The summed E-state index contributed by atoms with van der Waals surface area (Å²) in [5.41, 5.74) is -1.68. The molecule has 5 heteroatoms. The van der Waals surface area contributed by atoms with Gasteiger partial charge in [0.05, 0.1) is 12.2 Å². The first-order valence-corrected chi connectivity index (χ1v) is 6.82. The number of rotatable bonds is 6. The molecule has 0 aliphatic rings. The average Bonchev–Trinajstić information content (AvgIpc) is 2.44. The van der Waals surface area contributed by atoms with Crippen molar-refractivity contribution in [1.82, 2.24) is 0 Å². The van der Waals surface area contributed by atoms with Crippen molar-refractivity contribution >= 4 is 5.97 Å². The minimum absolute atomic E-state index is 0.0548. The zero-order chi connectivity index (χ0) is 15.9. The first-order valence-electron chi connectivity index (χ1n) is 6.82. The molecule has 21 heavy (non-hydrogen) atoms. The Hall–Kier alpha value is -1.90. The number of benzene rings is 1. The van der Waals surface area contributed by atoms with Crippen LogP contribution in [-0.2, 0) is 25.7 Å². The zero-order valence-corrected chi connectivity index (χ0v) is 12.9. The molecule has 0 amide bonds. The number of carbonyl (C=O) groups excluding carboxylic acids is 1. The van der Waals surface area contributed by atoms with Crippen LogP contribution < -0.4 is 0 Å². The molecule has 0 bridgehead atoms. The minimum Gasteiger partial charge on any atom is -0.463 e. The Labute approximate surface area is 125 Å². The van der Waals surface area contributed by atoms with E-state index in [4.69, 9.17) is 14.5 Å². The SMILES string of the molecule is CCOC(=O)C(C#N)(Cc1ccccc1)OOC(C)(C)C. The van der Waals surface area contributed by atoms with Crippen LogP contribution in [0.1, 0.15) is 33.3 Å². The van der Waals surface area contributed by atoms with Crippen LogP contribution in [-0.4, -0.2) is 23.8 Å². The van der Waals surface area contributed by atoms with E-state index < -0.39 is 17.2 Å². The van der Waals surface area contributed by atoms with Gasteiger partial charge >= 0.3 is 5.97 Å². The predicted molar refractivity (Wildman–Crippen MR) is 77.0 cm³/mol. The van der Waals surface area contributed by atoms with E-state index in [9.17, 15) is 10.1 Å². The zero-order valence-electron chi connectivity index (χ0n) is 12.9. The van der Waals surface area contributed by atoms with Crippen molar-refractivity contribution in [3.05, 3.63) is 35.9 Å². The summed E-state index contributed by atoms with van der Waals surface area (Å²) in [6.07, 6.45) is 0.0548. The lowest BCUT2D eigenvalue weighted by molar-refractivity contribution is -0.385. The fourth-order valence-electron chi connectivity index (χ4n) is 1.57. The van der Waals surface area contributed by atoms with Gasteiger partial charge in [-0.25, -0.2) is 14.6 Å². The molecule has 0 aromatic heterocycles. The van der Waals surface area contributed by atoms with Crippen molar-refractivity contribution in [1.29, 1.82) is 5.26 Å². The molecule has 0 saturated carbocycles. The lowest BCUT2D eigenvalue weighted by Crippen LogP contribution is -2.45. The molecule has 0 radical (unpaired) electrons. The quantitative estimate of drug-likeness (QED) is 0.458. The van der Waals surface area contributed by atoms with Crippen LogP contribution in [0.25, 0.3) is 0 Å². The molecule has 1 atom stereocenters. The summed E-state index contributed by atoms with van der Waals surface area (Å²) in [6, 6.07) is 11.0. The van der Waals surface area contributed by atoms with Crippen molar-refractivity contribution in [2.24, 2.45) is 0 Å². The van der Waals surface area contributed by atoms with Crippen LogP contribution in [0.4, 0.5) is 0 Å². The van der Waals surface area contributed by atoms with E-state index in [2.05, 4.69) is 0 Å². The Morgan fingerprint density at radius 1 is 1.19 bits per heavy atom. The van der Waals surface area contributed by atoms with Gasteiger partial charge in [-0.3, -0.25) is 0 Å². The van der Waals surface area contributed by atoms with Crippen LogP contribution in [0, 0.1) is 11.3 Å². The number of ether oxygens (including phenoxy) is 1. The Balaban J connectivity index is 3.02. The first kappa shape index (κ1) is 17.2. The fourth-order valence-corrected chi connectivity index (χ4v) is 1.57. The van der Waals surface area contributed by atoms with Gasteiger partial charge in [-0.1, -0.05) is 30.3 Å². The highest BCUT2D eigenvalue weighted by Crippen LogP contribution is 2.23. The third kappa shape index (κ3) is 5.18. The van der Waals surface area contributed by atoms with Gasteiger partial charge in [0.15, 0.2) is 0 Å². The molecule has 0 aliphatic heterocycles. The topological polar surface area (TPSA) is 68.6 Å². The molecule has 0 aliphatic carbocycles. The van der Waals surface area contributed by atoms with E-state index in [1.165, 1.54) is 0 Å². The van der Waals surface area contributed by atoms with Crippen molar-refractivity contribution in [3.63, 3.8) is 0 Å². The number of nitriles is 1. The minimum atomic E-state index is -1.81. The molecule has 0 spiro atoms. The van der Waals surface area contributed by atoms with Gasteiger partial charge in [0, 0.05) is 6.42 Å². The summed E-state index contributed by atoms with van der Waals surface area (Å²) in [5.74, 6) is -0.749. The summed E-state index contributed by atoms with van der Waals surface area (Å²) in [6.45, 7) is 7.14. The highest BCUT2D eigenvalue weighted by atomic mass is 17.2. The van der Waals surface area contributed by atoms with Crippen molar-refractivity contribution < 1.29 is 19.3 Å². The van der Waals surface area contributed by atoms with Gasteiger partial charge in [0.2, 0.25) is 0 Å². The standard InChI is InChI=1S/C16H21NO4/c1-5-19-14(18)16(12-17,21-20-15(2,3)4)11-13-9-7-6-8-10-13/h6-10H,5,11H2,1-4H3. The van der Waals surface area contributed by atoms with E-state index >= 15 is 0 Å². The van der Waals surface area contributed by atoms with Crippen LogP contribution >= 0.6 is 0 Å². The summed E-state index contributed by atoms with van der Waals surface area (Å²) < 4.78 is 4.97. The molecule has 1 unspecified atom stereocenters. The Morgan fingerprint density at radius 3 is 2.29 bits per heavy atom. The number of nitrogens with zero attached hydrogens (tertiary/aromatic N) is 1. The Bertz CT molecular complexity index is 501. The smallest absolute Gasteiger partial charge is 0.357 e. The molecule has 114 valence electrons. The monoisotopic (exact) mass is 291 g/mol. The normalized spacial score (nSPS) is 14.0. The second kappa shape index (κ2) is 7.21. The highest BCUT2D eigenvalue weighted by molar-refractivity contribution is 5.83. The largest absolute Gasteiger partial charge is 0.463 e. The van der Waals surface area contributed by atoms with Gasteiger partial charge in [-0.15, -0.1) is 0 Å². The molecule has 0 N–H and O–H groups in total. The van der Waals surface area contributed by atoms with Crippen molar-refractivity contribution in [2.75, 3.05) is 6.61 Å². The number of hydrogen-bond acceptors (Lipinski definition) is 5. The molecule has 1 aromatic rings. The summed E-state index contributed by atoms with van der Waals surface area (Å²) in [5, 5.41) is 9.48. The molecule has 1 rings (SSSR count). The number of esters is 1. The lowest BCUT2D eigenvalue weighted by atomic mass is 9.96. The number of carbonyl (C=O) groups is 1. The molecule has 0 heterocycles. The maximum Gasteiger partial charge on any atom is 0.357 e. The molecule has 0 fully saturated rings. The average molecular weight is 291 g/mol. The van der Waals surface area contributed by atoms with Gasteiger partial charge < -0.3 is 4.74 Å². The maximum atomic E-state index is 12.2. The summed E-state index contributed by atoms with van der Waals surface area (Å²) in [4.78, 5) is 22.6. The predicted octanol–water partition coefficient (Wildman–Crippen LogP) is 2.80. The molecule has 1 aromatic carbocycles. The van der Waals surface area contributed by atoms with Gasteiger partial charge in [0.1, 0.15) is 6.07 Å². The summed E-state index contributed by atoms with van der Waals surface area (Å²) >= 11 is 0. The van der Waals surface area contributed by atoms with Crippen LogP contribution in [0.15, 0.2) is 30.3 Å². The lowest BCUT2D eigenvalue weighted by Gasteiger charge is -2.27. The van der Waals surface area contributed by atoms with Gasteiger partial charge in [-0.2, -0.15) is 5.26 Å². The molecule has 0 saturated heterocycles. The van der Waals surface area contributed by atoms with Gasteiger partial charge in [-0.05, 0) is 33.3 Å². The van der Waals surface area contributed by atoms with E-state index in [1.54, 1.807) is 27.7 Å².